The number of hydrogen-bond acceptors (Lipinski definition) is 4. The first-order valence-corrected chi connectivity index (χ1v) is 5.57. The highest BCUT2D eigenvalue weighted by atomic mass is 16.5. The minimum absolute atomic E-state index is 0.108. The second-order valence-corrected chi connectivity index (χ2v) is 4.09. The first-order valence-electron chi connectivity index (χ1n) is 5.57. The van der Waals surface area contributed by atoms with E-state index in [0.717, 1.165) is 0 Å². The molecule has 0 radical (unpaired) electrons. The molecule has 1 aromatic rings. The molecular formula is C12H17N3O2. The maximum Gasteiger partial charge on any atom is 0.356 e. The van der Waals surface area contributed by atoms with Crippen LogP contribution in [0.3, 0.4) is 0 Å². The van der Waals surface area contributed by atoms with Crippen LogP contribution in [0.15, 0.2) is 12.3 Å². The summed E-state index contributed by atoms with van der Waals surface area (Å²) in [6.45, 7) is 5.67. The maximum absolute atomic E-state index is 11.9. The Kier molecular flexibility index (Phi) is 4.16. The highest BCUT2D eigenvalue weighted by Gasteiger charge is 2.19. The smallest absolute Gasteiger partial charge is 0.356 e. The lowest BCUT2D eigenvalue weighted by Gasteiger charge is -2.13. The van der Waals surface area contributed by atoms with Crippen LogP contribution in [0.25, 0.3) is 0 Å². The van der Waals surface area contributed by atoms with Crippen molar-refractivity contribution >= 4 is 11.7 Å². The quantitative estimate of drug-likeness (QED) is 0.810. The third kappa shape index (κ3) is 3.00. The van der Waals surface area contributed by atoms with Crippen molar-refractivity contribution in [1.29, 1.82) is 5.26 Å². The van der Waals surface area contributed by atoms with E-state index in [1.165, 1.54) is 0 Å². The number of aromatic nitrogens is 1. The zero-order valence-electron chi connectivity index (χ0n) is 10.3. The molecule has 5 nitrogen and oxygen atoms in total. The minimum atomic E-state index is -0.709. The Balaban J connectivity index is 2.93. The van der Waals surface area contributed by atoms with Crippen LogP contribution in [0.4, 0.5) is 5.69 Å². The average Bonchev–Trinajstić information content (AvgIpc) is 2.68. The lowest BCUT2D eigenvalue weighted by atomic mass is 10.3. The molecule has 0 fully saturated rings. The Morgan fingerprint density at radius 1 is 1.65 bits per heavy atom. The van der Waals surface area contributed by atoms with Gasteiger partial charge in [0.1, 0.15) is 11.8 Å². The fourth-order valence-electron chi connectivity index (χ4n) is 1.48. The summed E-state index contributed by atoms with van der Waals surface area (Å²) in [5, 5.41) is 8.75. The lowest BCUT2D eigenvalue weighted by molar-refractivity contribution is 0.0387. The topological polar surface area (TPSA) is 81.0 Å². The summed E-state index contributed by atoms with van der Waals surface area (Å²) in [5.74, 6) is -0.510. The van der Waals surface area contributed by atoms with Gasteiger partial charge in [0, 0.05) is 12.2 Å². The summed E-state index contributed by atoms with van der Waals surface area (Å²) in [6, 6.07) is 3.59. The van der Waals surface area contributed by atoms with Crippen molar-refractivity contribution < 1.29 is 9.53 Å². The summed E-state index contributed by atoms with van der Waals surface area (Å²) in [7, 11) is 0. The summed E-state index contributed by atoms with van der Waals surface area (Å²) in [6.07, 6.45) is 1.45. The molecule has 1 unspecified atom stereocenters. The predicted molar refractivity (Wildman–Crippen MR) is 64.3 cm³/mol. The van der Waals surface area contributed by atoms with Gasteiger partial charge in [-0.25, -0.2) is 4.79 Å². The summed E-state index contributed by atoms with van der Waals surface area (Å²) in [5.41, 5.74) is 6.55. The van der Waals surface area contributed by atoms with Crippen molar-refractivity contribution in [1.82, 2.24) is 4.57 Å². The molecule has 5 heteroatoms. The Morgan fingerprint density at radius 3 is 2.76 bits per heavy atom. The number of nitrogen functional groups attached to an aromatic ring is 1. The van der Waals surface area contributed by atoms with Gasteiger partial charge in [0.15, 0.2) is 6.10 Å². The van der Waals surface area contributed by atoms with E-state index in [1.807, 2.05) is 19.9 Å². The molecule has 0 aliphatic carbocycles. The number of carbonyl (C=O) groups is 1. The fraction of sp³-hybridized carbons (Fsp3) is 0.500. The van der Waals surface area contributed by atoms with E-state index in [4.69, 9.17) is 15.7 Å². The van der Waals surface area contributed by atoms with Crippen molar-refractivity contribution in [3.8, 4) is 6.07 Å². The molecule has 0 amide bonds. The zero-order valence-corrected chi connectivity index (χ0v) is 10.3. The maximum atomic E-state index is 11.9. The van der Waals surface area contributed by atoms with Gasteiger partial charge >= 0.3 is 5.97 Å². The van der Waals surface area contributed by atoms with E-state index in [9.17, 15) is 4.79 Å². The first kappa shape index (κ1) is 13.1. The number of anilines is 1. The molecule has 1 heterocycles. The van der Waals surface area contributed by atoms with Crippen LogP contribution in [0, 0.1) is 11.3 Å². The van der Waals surface area contributed by atoms with Crippen LogP contribution < -0.4 is 5.73 Å². The monoisotopic (exact) mass is 235 g/mol. The largest absolute Gasteiger partial charge is 0.442 e. The zero-order chi connectivity index (χ0) is 13.0. The Labute approximate surface area is 101 Å². The van der Waals surface area contributed by atoms with Gasteiger partial charge in [0.25, 0.3) is 0 Å². The average molecular weight is 235 g/mol. The van der Waals surface area contributed by atoms with Crippen molar-refractivity contribution in [2.24, 2.45) is 0 Å². The van der Waals surface area contributed by atoms with Crippen LogP contribution >= 0.6 is 0 Å². The minimum Gasteiger partial charge on any atom is -0.442 e. The predicted octanol–water partition coefficient (Wildman–Crippen LogP) is 2.11. The molecule has 0 aliphatic rings. The van der Waals surface area contributed by atoms with Crippen LogP contribution in [-0.4, -0.2) is 16.6 Å². The third-order valence-electron chi connectivity index (χ3n) is 2.40. The number of hydrogen-bond donors (Lipinski definition) is 1. The van der Waals surface area contributed by atoms with Crippen molar-refractivity contribution in [3.63, 3.8) is 0 Å². The van der Waals surface area contributed by atoms with Crippen molar-refractivity contribution in [2.45, 2.75) is 39.3 Å². The van der Waals surface area contributed by atoms with Crippen LogP contribution in [0.5, 0.6) is 0 Å². The molecular weight excluding hydrogens is 218 g/mol. The molecule has 1 aromatic heterocycles. The Hall–Kier alpha value is -1.96. The molecule has 0 saturated carbocycles. The molecule has 17 heavy (non-hydrogen) atoms. The van der Waals surface area contributed by atoms with E-state index in [0.29, 0.717) is 17.8 Å². The number of carbonyl (C=O) groups excluding carboxylic acids is 1. The number of nitrogens with two attached hydrogens (primary N) is 1. The van der Waals surface area contributed by atoms with Gasteiger partial charge in [-0.1, -0.05) is 6.92 Å². The summed E-state index contributed by atoms with van der Waals surface area (Å²) >= 11 is 0. The molecule has 92 valence electrons. The number of esters is 1. The Bertz CT molecular complexity index is 443. The van der Waals surface area contributed by atoms with E-state index in [2.05, 4.69) is 0 Å². The van der Waals surface area contributed by atoms with Gasteiger partial charge in [0.2, 0.25) is 0 Å². The molecule has 0 spiro atoms. The fourth-order valence-corrected chi connectivity index (χ4v) is 1.48. The molecule has 0 aliphatic heterocycles. The van der Waals surface area contributed by atoms with Crippen molar-refractivity contribution in [3.05, 3.63) is 18.0 Å². The van der Waals surface area contributed by atoms with Crippen LogP contribution in [0.1, 0.15) is 43.7 Å². The number of nitriles is 1. The van der Waals surface area contributed by atoms with Gasteiger partial charge in [-0.2, -0.15) is 5.26 Å². The van der Waals surface area contributed by atoms with E-state index in [1.54, 1.807) is 23.8 Å². The normalized spacial score (nSPS) is 12.2. The van der Waals surface area contributed by atoms with Gasteiger partial charge in [-0.3, -0.25) is 0 Å². The van der Waals surface area contributed by atoms with Crippen LogP contribution in [0.2, 0.25) is 0 Å². The second-order valence-electron chi connectivity index (χ2n) is 4.09. The highest BCUT2D eigenvalue weighted by Crippen LogP contribution is 2.18. The molecule has 0 bridgehead atoms. The van der Waals surface area contributed by atoms with Gasteiger partial charge in [-0.05, 0) is 26.3 Å². The van der Waals surface area contributed by atoms with Gasteiger partial charge < -0.3 is 15.0 Å². The summed E-state index contributed by atoms with van der Waals surface area (Å²) in [4.78, 5) is 11.9. The number of ether oxygens (including phenoxy) is 1. The molecule has 1 rings (SSSR count). The van der Waals surface area contributed by atoms with Gasteiger partial charge in [0.05, 0.1) is 5.69 Å². The molecule has 0 aromatic carbocycles. The van der Waals surface area contributed by atoms with E-state index in [-0.39, 0.29) is 6.04 Å². The third-order valence-corrected chi connectivity index (χ3v) is 2.40. The Morgan fingerprint density at radius 2 is 2.29 bits per heavy atom. The van der Waals surface area contributed by atoms with Crippen LogP contribution in [-0.2, 0) is 4.74 Å². The van der Waals surface area contributed by atoms with E-state index < -0.39 is 12.1 Å². The SMILES string of the molecule is CCC(C#N)OC(=O)c1cc(N)cn1C(C)C. The van der Waals surface area contributed by atoms with E-state index >= 15 is 0 Å². The van der Waals surface area contributed by atoms with Crippen molar-refractivity contribution in [2.75, 3.05) is 5.73 Å². The standard InChI is InChI=1S/C12H17N3O2/c1-4-10(6-13)17-12(16)11-5-9(14)7-15(11)8(2)3/h5,7-8,10H,4,14H2,1-3H3. The molecule has 2 N–H and O–H groups in total. The van der Waals surface area contributed by atoms with Gasteiger partial charge in [-0.15, -0.1) is 0 Å². The highest BCUT2D eigenvalue weighted by molar-refractivity contribution is 5.89. The molecule has 0 saturated heterocycles. The molecule has 1 atom stereocenters. The number of rotatable bonds is 4. The first-order chi connectivity index (χ1) is 7.99. The number of nitrogens with zero attached hydrogens (tertiary/aromatic N) is 2. The summed E-state index contributed by atoms with van der Waals surface area (Å²) < 4.78 is 6.80. The second kappa shape index (κ2) is 5.39. The lowest BCUT2D eigenvalue weighted by Crippen LogP contribution is -2.19.